The zero-order valence-corrected chi connectivity index (χ0v) is 19.8. The summed E-state index contributed by atoms with van der Waals surface area (Å²) >= 11 is 1.74. The van der Waals surface area contributed by atoms with Crippen LogP contribution in [0.5, 0.6) is 0 Å². The molecule has 3 aromatic rings. The number of carbonyl (C=O) groups is 3. The third-order valence-electron chi connectivity index (χ3n) is 6.53. The Balaban J connectivity index is 1.24. The van der Waals surface area contributed by atoms with Gasteiger partial charge >= 0.3 is 0 Å². The summed E-state index contributed by atoms with van der Waals surface area (Å²) in [6.07, 6.45) is 1.00. The van der Waals surface area contributed by atoms with E-state index in [1.165, 1.54) is 10.4 Å². The van der Waals surface area contributed by atoms with E-state index in [0.717, 1.165) is 17.5 Å². The first-order valence-corrected chi connectivity index (χ1v) is 12.2. The highest BCUT2D eigenvalue weighted by atomic mass is 32.1. The summed E-state index contributed by atoms with van der Waals surface area (Å²) in [5.74, 6) is -0.375. The first kappa shape index (κ1) is 22.1. The van der Waals surface area contributed by atoms with Gasteiger partial charge in [-0.05, 0) is 54.1 Å². The lowest BCUT2D eigenvalue weighted by Gasteiger charge is -2.28. The van der Waals surface area contributed by atoms with Crippen molar-refractivity contribution in [3.8, 4) is 0 Å². The summed E-state index contributed by atoms with van der Waals surface area (Å²) in [5, 5.41) is 4.99. The minimum atomic E-state index is -0.217. The smallest absolute Gasteiger partial charge is 0.258 e. The Kier molecular flexibility index (Phi) is 5.79. The van der Waals surface area contributed by atoms with Gasteiger partial charge < -0.3 is 15.1 Å². The van der Waals surface area contributed by atoms with Gasteiger partial charge in [0, 0.05) is 59.0 Å². The van der Waals surface area contributed by atoms with Crippen molar-refractivity contribution in [1.29, 1.82) is 0 Å². The molecule has 3 heterocycles. The molecule has 34 heavy (non-hydrogen) atoms. The van der Waals surface area contributed by atoms with E-state index in [1.807, 2.05) is 30.0 Å². The number of carbonyl (C=O) groups excluding carboxylic acids is 3. The van der Waals surface area contributed by atoms with Gasteiger partial charge in [0.1, 0.15) is 0 Å². The Morgan fingerprint density at radius 3 is 2.68 bits per heavy atom. The predicted octanol–water partition coefficient (Wildman–Crippen LogP) is 4.71. The van der Waals surface area contributed by atoms with Gasteiger partial charge in [-0.1, -0.05) is 30.8 Å². The number of amides is 3. The minimum absolute atomic E-state index is 0.0258. The maximum atomic E-state index is 13.2. The molecule has 5 rings (SSSR count). The maximum Gasteiger partial charge on any atom is 0.258 e. The molecule has 0 saturated heterocycles. The van der Waals surface area contributed by atoms with E-state index in [4.69, 9.17) is 0 Å². The minimum Gasteiger partial charge on any atom is -0.334 e. The highest BCUT2D eigenvalue weighted by Crippen LogP contribution is 2.31. The standard InChI is InChI=1S/C27H25N3O3S/c1-17-20(26(32)29-13-10-24-19(16-29)12-15-34-24)8-5-9-23(17)28-25(31)11-14-30-18(2)21-6-3-4-7-22(21)27(30)33/h3-9,12,15H,2,10-11,13-14,16H2,1H3,(H,28,31). The molecule has 3 amide bonds. The van der Waals surface area contributed by atoms with Gasteiger partial charge in [-0.3, -0.25) is 14.4 Å². The van der Waals surface area contributed by atoms with Gasteiger partial charge in [0.15, 0.2) is 0 Å². The molecule has 0 radical (unpaired) electrons. The third-order valence-corrected chi connectivity index (χ3v) is 7.56. The van der Waals surface area contributed by atoms with Gasteiger partial charge in [-0.2, -0.15) is 0 Å². The molecule has 1 N–H and O–H groups in total. The molecule has 6 nitrogen and oxygen atoms in total. The van der Waals surface area contributed by atoms with E-state index in [0.29, 0.717) is 35.6 Å². The first-order chi connectivity index (χ1) is 16.4. The summed E-state index contributed by atoms with van der Waals surface area (Å²) in [6, 6.07) is 14.8. The van der Waals surface area contributed by atoms with E-state index < -0.39 is 0 Å². The lowest BCUT2D eigenvalue weighted by molar-refractivity contribution is -0.116. The molecule has 2 aromatic carbocycles. The molecule has 2 aliphatic rings. The molecular formula is C27H25N3O3S. The predicted molar refractivity (Wildman–Crippen MR) is 134 cm³/mol. The van der Waals surface area contributed by atoms with Crippen LogP contribution in [0.2, 0.25) is 0 Å². The Bertz CT molecular complexity index is 1290. The van der Waals surface area contributed by atoms with Gasteiger partial charge in [-0.25, -0.2) is 0 Å². The highest BCUT2D eigenvalue weighted by Gasteiger charge is 2.30. The van der Waals surface area contributed by atoms with Crippen LogP contribution in [0.1, 0.15) is 48.7 Å². The molecule has 0 atom stereocenters. The molecule has 1 aromatic heterocycles. The SMILES string of the molecule is C=C1c2ccccc2C(=O)N1CCC(=O)Nc1cccc(C(=O)N2CCc3sccc3C2)c1C. The summed E-state index contributed by atoms with van der Waals surface area (Å²) < 4.78 is 0. The molecule has 0 unspecified atom stereocenters. The normalized spacial score (nSPS) is 14.7. The van der Waals surface area contributed by atoms with Crippen LogP contribution in [0.3, 0.4) is 0 Å². The van der Waals surface area contributed by atoms with Crippen LogP contribution in [-0.4, -0.2) is 40.6 Å². The van der Waals surface area contributed by atoms with E-state index >= 15 is 0 Å². The van der Waals surface area contributed by atoms with Crippen LogP contribution in [0.15, 0.2) is 60.5 Å². The summed E-state index contributed by atoms with van der Waals surface area (Å²) in [4.78, 5) is 43.4. The second-order valence-corrected chi connectivity index (χ2v) is 9.57. The van der Waals surface area contributed by atoms with Crippen LogP contribution < -0.4 is 5.32 Å². The monoisotopic (exact) mass is 471 g/mol. The van der Waals surface area contributed by atoms with Crippen molar-refractivity contribution in [2.45, 2.75) is 26.3 Å². The lowest BCUT2D eigenvalue weighted by atomic mass is 10.0. The van der Waals surface area contributed by atoms with Gasteiger partial charge in [0.2, 0.25) is 5.91 Å². The second-order valence-electron chi connectivity index (χ2n) is 8.57. The van der Waals surface area contributed by atoms with Gasteiger partial charge in [-0.15, -0.1) is 11.3 Å². The van der Waals surface area contributed by atoms with Crippen molar-refractivity contribution in [2.75, 3.05) is 18.4 Å². The number of hydrogen-bond acceptors (Lipinski definition) is 4. The van der Waals surface area contributed by atoms with Crippen LogP contribution in [0.25, 0.3) is 5.70 Å². The average molecular weight is 472 g/mol. The van der Waals surface area contributed by atoms with Crippen LogP contribution >= 0.6 is 11.3 Å². The van der Waals surface area contributed by atoms with Crippen LogP contribution in [0, 0.1) is 6.92 Å². The van der Waals surface area contributed by atoms with E-state index in [-0.39, 0.29) is 30.7 Å². The number of rotatable bonds is 5. The number of nitrogens with one attached hydrogen (secondary N) is 1. The number of fused-ring (bicyclic) bond motifs is 2. The summed E-state index contributed by atoms with van der Waals surface area (Å²) in [7, 11) is 0. The van der Waals surface area contributed by atoms with Crippen molar-refractivity contribution in [2.24, 2.45) is 0 Å². The lowest BCUT2D eigenvalue weighted by Crippen LogP contribution is -2.35. The summed E-state index contributed by atoms with van der Waals surface area (Å²) in [5.41, 5.74) is 5.20. The third kappa shape index (κ3) is 3.92. The van der Waals surface area contributed by atoms with E-state index in [1.54, 1.807) is 40.5 Å². The molecule has 2 aliphatic heterocycles. The van der Waals surface area contributed by atoms with E-state index in [9.17, 15) is 14.4 Å². The second kappa shape index (κ2) is 8.91. The first-order valence-electron chi connectivity index (χ1n) is 11.3. The van der Waals surface area contributed by atoms with Crippen LogP contribution in [-0.2, 0) is 17.8 Å². The Morgan fingerprint density at radius 2 is 1.88 bits per heavy atom. The van der Waals surface area contributed by atoms with Crippen molar-refractivity contribution >= 4 is 40.4 Å². The zero-order chi connectivity index (χ0) is 23.8. The fourth-order valence-electron chi connectivity index (χ4n) is 4.59. The quantitative estimate of drug-likeness (QED) is 0.586. The Labute approximate surface area is 202 Å². The van der Waals surface area contributed by atoms with E-state index in [2.05, 4.69) is 23.3 Å². The number of anilines is 1. The van der Waals surface area contributed by atoms with Crippen LogP contribution in [0.4, 0.5) is 5.69 Å². The topological polar surface area (TPSA) is 69.7 Å². The van der Waals surface area contributed by atoms with Crippen molar-refractivity contribution < 1.29 is 14.4 Å². The van der Waals surface area contributed by atoms with Crippen molar-refractivity contribution in [3.05, 3.63) is 93.2 Å². The van der Waals surface area contributed by atoms with Crippen molar-refractivity contribution in [3.63, 3.8) is 0 Å². The Morgan fingerprint density at radius 1 is 1.09 bits per heavy atom. The summed E-state index contributed by atoms with van der Waals surface area (Å²) in [6.45, 7) is 7.42. The fraction of sp³-hybridized carbons (Fsp3) is 0.222. The molecule has 0 bridgehead atoms. The maximum absolute atomic E-state index is 13.2. The van der Waals surface area contributed by atoms with Gasteiger partial charge in [0.05, 0.1) is 0 Å². The number of benzene rings is 2. The molecule has 0 spiro atoms. The molecule has 0 aliphatic carbocycles. The molecule has 0 saturated carbocycles. The fourth-order valence-corrected chi connectivity index (χ4v) is 5.48. The Hall–Kier alpha value is -3.71. The molecule has 7 heteroatoms. The van der Waals surface area contributed by atoms with Crippen molar-refractivity contribution in [1.82, 2.24) is 9.80 Å². The number of nitrogens with zero attached hydrogens (tertiary/aromatic N) is 2. The molecule has 172 valence electrons. The molecular weight excluding hydrogens is 446 g/mol. The molecule has 0 fully saturated rings. The highest BCUT2D eigenvalue weighted by molar-refractivity contribution is 7.10. The van der Waals surface area contributed by atoms with Gasteiger partial charge in [0.25, 0.3) is 11.8 Å². The largest absolute Gasteiger partial charge is 0.334 e. The zero-order valence-electron chi connectivity index (χ0n) is 19.0. The number of hydrogen-bond donors (Lipinski definition) is 1. The average Bonchev–Trinajstić information content (AvgIpc) is 3.41. The number of thiophene rings is 1.